The van der Waals surface area contributed by atoms with E-state index in [4.69, 9.17) is 5.11 Å². The second-order valence-corrected chi connectivity index (χ2v) is 4.75. The molecule has 17 heavy (non-hydrogen) atoms. The minimum atomic E-state index is -0.766. The zero-order chi connectivity index (χ0) is 12.3. The Morgan fingerprint density at radius 1 is 1.35 bits per heavy atom. The summed E-state index contributed by atoms with van der Waals surface area (Å²) in [6.07, 6.45) is 5.12. The summed E-state index contributed by atoms with van der Waals surface area (Å²) in [7, 11) is 2.08. The fourth-order valence-corrected chi connectivity index (χ4v) is 2.66. The maximum atomic E-state index is 10.8. The van der Waals surface area contributed by atoms with Gasteiger partial charge in [0.25, 0.3) is 0 Å². The standard InChI is InChI=1S/C14H19NO2/c1-15(12-7-3-4-8-12)13-9-5-2-6-11(13)10-14(16)17/h2,5-6,9,12H,3-4,7-8,10H2,1H3,(H,16,17). The summed E-state index contributed by atoms with van der Waals surface area (Å²) in [6.45, 7) is 0. The van der Waals surface area contributed by atoms with Crippen molar-refractivity contribution >= 4 is 11.7 Å². The van der Waals surface area contributed by atoms with Crippen molar-refractivity contribution in [3.05, 3.63) is 29.8 Å². The molecule has 2 rings (SSSR count). The molecule has 1 aliphatic carbocycles. The molecule has 3 heteroatoms. The normalized spacial score (nSPS) is 16.1. The van der Waals surface area contributed by atoms with Crippen molar-refractivity contribution in [1.29, 1.82) is 0 Å². The van der Waals surface area contributed by atoms with Gasteiger partial charge in [0.15, 0.2) is 0 Å². The average molecular weight is 233 g/mol. The second-order valence-electron chi connectivity index (χ2n) is 4.75. The molecule has 1 aromatic carbocycles. The first-order chi connectivity index (χ1) is 8.18. The SMILES string of the molecule is CN(c1ccccc1CC(=O)O)C1CCCC1. The molecule has 3 nitrogen and oxygen atoms in total. The Hall–Kier alpha value is -1.51. The highest BCUT2D eigenvalue weighted by atomic mass is 16.4. The van der Waals surface area contributed by atoms with Gasteiger partial charge in [0, 0.05) is 18.8 Å². The van der Waals surface area contributed by atoms with Gasteiger partial charge in [-0.3, -0.25) is 4.79 Å². The lowest BCUT2D eigenvalue weighted by Crippen LogP contribution is -2.29. The summed E-state index contributed by atoms with van der Waals surface area (Å²) in [5.74, 6) is -0.766. The Morgan fingerprint density at radius 2 is 2.00 bits per heavy atom. The fraction of sp³-hybridized carbons (Fsp3) is 0.500. The molecule has 0 heterocycles. The molecule has 1 saturated carbocycles. The highest BCUT2D eigenvalue weighted by Crippen LogP contribution is 2.29. The summed E-state index contributed by atoms with van der Waals surface area (Å²) in [5, 5.41) is 8.92. The van der Waals surface area contributed by atoms with Crippen LogP contribution >= 0.6 is 0 Å². The summed E-state index contributed by atoms with van der Waals surface area (Å²) in [4.78, 5) is 13.1. The topological polar surface area (TPSA) is 40.5 Å². The Bertz CT molecular complexity index is 397. The third-order valence-electron chi connectivity index (χ3n) is 3.59. The maximum Gasteiger partial charge on any atom is 0.307 e. The van der Waals surface area contributed by atoms with Crippen molar-refractivity contribution in [3.63, 3.8) is 0 Å². The maximum absolute atomic E-state index is 10.8. The van der Waals surface area contributed by atoms with Gasteiger partial charge in [-0.25, -0.2) is 0 Å². The zero-order valence-corrected chi connectivity index (χ0v) is 10.2. The van der Waals surface area contributed by atoms with Gasteiger partial charge in [0.05, 0.1) is 6.42 Å². The molecule has 0 spiro atoms. The van der Waals surface area contributed by atoms with Crippen LogP contribution in [0.3, 0.4) is 0 Å². The predicted molar refractivity (Wildman–Crippen MR) is 68.4 cm³/mol. The Morgan fingerprint density at radius 3 is 2.65 bits per heavy atom. The third-order valence-corrected chi connectivity index (χ3v) is 3.59. The van der Waals surface area contributed by atoms with Gasteiger partial charge >= 0.3 is 5.97 Å². The minimum absolute atomic E-state index is 0.104. The number of nitrogens with zero attached hydrogens (tertiary/aromatic N) is 1. The number of carbonyl (C=O) groups is 1. The van der Waals surface area contributed by atoms with Crippen LogP contribution in [0.2, 0.25) is 0 Å². The number of aliphatic carboxylic acids is 1. The summed E-state index contributed by atoms with van der Waals surface area (Å²) in [6, 6.07) is 8.40. The summed E-state index contributed by atoms with van der Waals surface area (Å²) in [5.41, 5.74) is 1.98. The van der Waals surface area contributed by atoms with Gasteiger partial charge in [-0.15, -0.1) is 0 Å². The van der Waals surface area contributed by atoms with E-state index in [0.29, 0.717) is 6.04 Å². The number of hydrogen-bond donors (Lipinski definition) is 1. The molecule has 0 radical (unpaired) electrons. The smallest absolute Gasteiger partial charge is 0.307 e. The first kappa shape index (κ1) is 12.0. The van der Waals surface area contributed by atoms with Crippen LogP contribution in [-0.4, -0.2) is 24.2 Å². The number of carboxylic acid groups (broad SMARTS) is 1. The summed E-state index contributed by atoms with van der Waals surface area (Å²) >= 11 is 0. The molecule has 0 aromatic heterocycles. The largest absolute Gasteiger partial charge is 0.481 e. The second kappa shape index (κ2) is 5.21. The lowest BCUT2D eigenvalue weighted by molar-refractivity contribution is -0.136. The van der Waals surface area contributed by atoms with E-state index in [1.54, 1.807) is 0 Å². The third kappa shape index (κ3) is 2.78. The molecule has 0 unspecified atom stereocenters. The van der Waals surface area contributed by atoms with E-state index in [-0.39, 0.29) is 6.42 Å². The van der Waals surface area contributed by atoms with Crippen LogP contribution in [0.15, 0.2) is 24.3 Å². The molecule has 1 aliphatic rings. The van der Waals surface area contributed by atoms with E-state index in [1.807, 2.05) is 24.3 Å². The molecule has 0 atom stereocenters. The molecular weight excluding hydrogens is 214 g/mol. The number of hydrogen-bond acceptors (Lipinski definition) is 2. The van der Waals surface area contributed by atoms with Gasteiger partial charge < -0.3 is 10.0 Å². The zero-order valence-electron chi connectivity index (χ0n) is 10.2. The van der Waals surface area contributed by atoms with Crippen LogP contribution < -0.4 is 4.90 Å². The quantitative estimate of drug-likeness (QED) is 0.869. The number of para-hydroxylation sites is 1. The highest BCUT2D eigenvalue weighted by Gasteiger charge is 2.21. The minimum Gasteiger partial charge on any atom is -0.481 e. The Balaban J connectivity index is 2.20. The molecule has 0 amide bonds. The van der Waals surface area contributed by atoms with Gasteiger partial charge in [0.1, 0.15) is 0 Å². The molecule has 1 N–H and O–H groups in total. The van der Waals surface area contributed by atoms with Crippen molar-refractivity contribution in [2.45, 2.75) is 38.1 Å². The molecule has 92 valence electrons. The molecule has 0 bridgehead atoms. The number of carboxylic acids is 1. The van der Waals surface area contributed by atoms with Crippen molar-refractivity contribution in [1.82, 2.24) is 0 Å². The van der Waals surface area contributed by atoms with E-state index in [1.165, 1.54) is 25.7 Å². The number of anilines is 1. The van der Waals surface area contributed by atoms with E-state index < -0.39 is 5.97 Å². The molecular formula is C14H19NO2. The molecule has 1 fully saturated rings. The monoisotopic (exact) mass is 233 g/mol. The van der Waals surface area contributed by atoms with Crippen LogP contribution in [0.4, 0.5) is 5.69 Å². The number of rotatable bonds is 4. The number of benzene rings is 1. The average Bonchev–Trinajstić information content (AvgIpc) is 2.81. The van der Waals surface area contributed by atoms with Gasteiger partial charge in [-0.1, -0.05) is 31.0 Å². The van der Waals surface area contributed by atoms with Crippen LogP contribution in [-0.2, 0) is 11.2 Å². The lowest BCUT2D eigenvalue weighted by Gasteiger charge is -2.28. The fourth-order valence-electron chi connectivity index (χ4n) is 2.66. The van der Waals surface area contributed by atoms with E-state index >= 15 is 0 Å². The van der Waals surface area contributed by atoms with E-state index in [0.717, 1.165) is 11.3 Å². The first-order valence-electron chi connectivity index (χ1n) is 6.21. The Labute approximate surface area is 102 Å². The van der Waals surface area contributed by atoms with Gasteiger partial charge in [-0.05, 0) is 24.5 Å². The van der Waals surface area contributed by atoms with Crippen molar-refractivity contribution < 1.29 is 9.90 Å². The van der Waals surface area contributed by atoms with Gasteiger partial charge in [0.2, 0.25) is 0 Å². The van der Waals surface area contributed by atoms with Crippen molar-refractivity contribution in [2.75, 3.05) is 11.9 Å². The summed E-state index contributed by atoms with van der Waals surface area (Å²) < 4.78 is 0. The van der Waals surface area contributed by atoms with Crippen LogP contribution in [0.25, 0.3) is 0 Å². The predicted octanol–water partition coefficient (Wildman–Crippen LogP) is 2.69. The van der Waals surface area contributed by atoms with E-state index in [2.05, 4.69) is 11.9 Å². The van der Waals surface area contributed by atoms with Crippen LogP contribution in [0.1, 0.15) is 31.2 Å². The van der Waals surface area contributed by atoms with Crippen LogP contribution in [0.5, 0.6) is 0 Å². The Kier molecular flexibility index (Phi) is 3.67. The van der Waals surface area contributed by atoms with Gasteiger partial charge in [-0.2, -0.15) is 0 Å². The molecule has 0 aliphatic heterocycles. The highest BCUT2D eigenvalue weighted by molar-refractivity contribution is 5.73. The van der Waals surface area contributed by atoms with Crippen LogP contribution in [0, 0.1) is 0 Å². The van der Waals surface area contributed by atoms with Crippen molar-refractivity contribution in [3.8, 4) is 0 Å². The van der Waals surface area contributed by atoms with Crippen molar-refractivity contribution in [2.24, 2.45) is 0 Å². The molecule has 0 saturated heterocycles. The molecule has 1 aromatic rings. The lowest BCUT2D eigenvalue weighted by atomic mass is 10.1. The first-order valence-corrected chi connectivity index (χ1v) is 6.21. The van der Waals surface area contributed by atoms with E-state index in [9.17, 15) is 4.79 Å².